The van der Waals surface area contributed by atoms with Gasteiger partial charge < -0.3 is 10.5 Å². The van der Waals surface area contributed by atoms with E-state index in [9.17, 15) is 13.2 Å². The number of benzene rings is 1. The van der Waals surface area contributed by atoms with Crippen molar-refractivity contribution in [2.75, 3.05) is 0 Å². The Labute approximate surface area is 122 Å². The Bertz CT molecular complexity index is 485. The second kappa shape index (κ2) is 5.52. The van der Waals surface area contributed by atoms with Gasteiger partial charge in [-0.3, -0.25) is 0 Å². The highest BCUT2D eigenvalue weighted by atomic mass is 19.4. The van der Waals surface area contributed by atoms with Crippen molar-refractivity contribution >= 4 is 0 Å². The van der Waals surface area contributed by atoms with E-state index in [-0.39, 0.29) is 5.75 Å². The van der Waals surface area contributed by atoms with Gasteiger partial charge in [0.25, 0.3) is 0 Å². The van der Waals surface area contributed by atoms with Gasteiger partial charge in [0.05, 0.1) is 0 Å². The quantitative estimate of drug-likeness (QED) is 0.907. The Morgan fingerprint density at radius 1 is 0.952 bits per heavy atom. The van der Waals surface area contributed by atoms with Crippen LogP contribution in [0.2, 0.25) is 0 Å². The topological polar surface area (TPSA) is 35.2 Å². The van der Waals surface area contributed by atoms with Crippen molar-refractivity contribution in [3.05, 3.63) is 29.8 Å². The Hall–Kier alpha value is -1.23. The Balaban J connectivity index is 1.67. The van der Waals surface area contributed by atoms with Gasteiger partial charge in [-0.25, -0.2) is 0 Å². The van der Waals surface area contributed by atoms with Gasteiger partial charge in [-0.1, -0.05) is 18.6 Å². The maximum absolute atomic E-state index is 12.2. The smallest absolute Gasteiger partial charge is 0.406 e. The van der Waals surface area contributed by atoms with E-state index in [2.05, 4.69) is 4.74 Å². The van der Waals surface area contributed by atoms with Crippen LogP contribution in [0.4, 0.5) is 13.2 Å². The molecule has 2 aliphatic rings. The van der Waals surface area contributed by atoms with E-state index in [1.54, 1.807) is 12.1 Å². The summed E-state index contributed by atoms with van der Waals surface area (Å²) in [6.45, 7) is 0. The first-order chi connectivity index (χ1) is 9.94. The minimum Gasteiger partial charge on any atom is -0.406 e. The molecule has 2 N–H and O–H groups in total. The molecule has 0 bridgehead atoms. The Morgan fingerprint density at radius 3 is 2.14 bits per heavy atom. The van der Waals surface area contributed by atoms with Gasteiger partial charge in [0, 0.05) is 6.04 Å². The molecule has 2 fully saturated rings. The van der Waals surface area contributed by atoms with Crippen molar-refractivity contribution in [1.82, 2.24) is 0 Å². The summed E-state index contributed by atoms with van der Waals surface area (Å²) >= 11 is 0. The van der Waals surface area contributed by atoms with Crippen molar-refractivity contribution in [3.63, 3.8) is 0 Å². The lowest BCUT2D eigenvalue weighted by Gasteiger charge is -2.42. The van der Waals surface area contributed by atoms with E-state index in [0.29, 0.717) is 23.8 Å². The van der Waals surface area contributed by atoms with Crippen molar-refractivity contribution < 1.29 is 17.9 Å². The summed E-state index contributed by atoms with van der Waals surface area (Å²) in [6, 6.07) is 6.64. The summed E-state index contributed by atoms with van der Waals surface area (Å²) in [6.07, 6.45) is 1.16. The minimum atomic E-state index is -4.63. The molecule has 0 heterocycles. The molecular weight excluding hydrogens is 279 g/mol. The number of alkyl halides is 3. The van der Waals surface area contributed by atoms with Gasteiger partial charge in [0.2, 0.25) is 0 Å². The third-order valence-corrected chi connectivity index (χ3v) is 5.04. The lowest BCUT2D eigenvalue weighted by molar-refractivity contribution is -0.274. The molecule has 0 aromatic heterocycles. The molecule has 21 heavy (non-hydrogen) atoms. The molecule has 0 radical (unpaired) electrons. The molecular formula is C16H20F3NO. The third-order valence-electron chi connectivity index (χ3n) is 5.04. The van der Waals surface area contributed by atoms with Crippen LogP contribution in [0.1, 0.15) is 43.6 Å². The fraction of sp³-hybridized carbons (Fsp3) is 0.625. The third kappa shape index (κ3) is 3.18. The van der Waals surface area contributed by atoms with E-state index in [1.165, 1.54) is 31.4 Å². The summed E-state index contributed by atoms with van der Waals surface area (Å²) in [5, 5.41) is 0. The Kier molecular flexibility index (Phi) is 3.86. The van der Waals surface area contributed by atoms with Gasteiger partial charge in [-0.2, -0.15) is 0 Å². The molecule has 1 aromatic carbocycles. The fourth-order valence-electron chi connectivity index (χ4n) is 3.92. The van der Waals surface area contributed by atoms with Crippen LogP contribution >= 0.6 is 0 Å². The van der Waals surface area contributed by atoms with Crippen molar-refractivity contribution in [2.45, 2.75) is 50.4 Å². The van der Waals surface area contributed by atoms with Crippen LogP contribution in [0.25, 0.3) is 0 Å². The summed E-state index contributed by atoms with van der Waals surface area (Å²) in [5.41, 5.74) is 7.29. The maximum atomic E-state index is 12.2. The average molecular weight is 299 g/mol. The number of nitrogens with two attached hydrogens (primary N) is 1. The molecule has 2 saturated carbocycles. The monoisotopic (exact) mass is 299 g/mol. The number of rotatable bonds is 3. The first kappa shape index (κ1) is 14.7. The van der Waals surface area contributed by atoms with Crippen LogP contribution in [-0.2, 0) is 0 Å². The zero-order valence-corrected chi connectivity index (χ0v) is 11.8. The second-order valence-corrected chi connectivity index (χ2v) is 6.22. The lowest BCUT2D eigenvalue weighted by atomic mass is 9.63. The molecule has 1 unspecified atom stereocenters. The number of halogens is 3. The normalized spacial score (nSPS) is 32.8. The molecule has 5 heteroatoms. The van der Waals surface area contributed by atoms with Gasteiger partial charge in [-0.15, -0.1) is 13.2 Å². The van der Waals surface area contributed by atoms with E-state index in [4.69, 9.17) is 5.73 Å². The van der Waals surface area contributed by atoms with E-state index >= 15 is 0 Å². The SMILES string of the molecule is N[C@@H]1CCC[C@@H]1[C@@H]1CCC1c1ccc(OC(F)(F)F)cc1. The largest absolute Gasteiger partial charge is 0.573 e. The van der Waals surface area contributed by atoms with Crippen LogP contribution < -0.4 is 10.5 Å². The zero-order chi connectivity index (χ0) is 15.0. The average Bonchev–Trinajstić information content (AvgIpc) is 2.75. The number of hydrogen-bond donors (Lipinski definition) is 1. The summed E-state index contributed by atoms with van der Waals surface area (Å²) in [4.78, 5) is 0. The van der Waals surface area contributed by atoms with Crippen LogP contribution in [0.3, 0.4) is 0 Å². The fourth-order valence-corrected chi connectivity index (χ4v) is 3.92. The van der Waals surface area contributed by atoms with Crippen molar-refractivity contribution in [2.24, 2.45) is 17.6 Å². The predicted octanol–water partition coefficient (Wildman–Crippen LogP) is 4.21. The van der Waals surface area contributed by atoms with Crippen LogP contribution in [-0.4, -0.2) is 12.4 Å². The summed E-state index contributed by atoms with van der Waals surface area (Å²) in [7, 11) is 0. The van der Waals surface area contributed by atoms with Crippen LogP contribution in [0.15, 0.2) is 24.3 Å². The van der Waals surface area contributed by atoms with Gasteiger partial charge in [0.15, 0.2) is 0 Å². The molecule has 116 valence electrons. The van der Waals surface area contributed by atoms with Gasteiger partial charge in [-0.05, 0) is 61.1 Å². The highest BCUT2D eigenvalue weighted by Gasteiger charge is 2.41. The lowest BCUT2D eigenvalue weighted by Crippen LogP contribution is -2.38. The van der Waals surface area contributed by atoms with Crippen molar-refractivity contribution in [1.29, 1.82) is 0 Å². The highest BCUT2D eigenvalue weighted by molar-refractivity contribution is 5.31. The standard InChI is InChI=1S/C16H20F3NO/c17-16(18,19)21-11-6-4-10(5-7-11)12-8-9-13(12)14-2-1-3-15(14)20/h4-7,12-15H,1-3,8-9,20H2/t12?,13-,14-,15-/m1/s1. The van der Waals surface area contributed by atoms with Crippen molar-refractivity contribution in [3.8, 4) is 5.75 Å². The molecule has 1 aromatic rings. The molecule has 0 spiro atoms. The maximum Gasteiger partial charge on any atom is 0.573 e. The first-order valence-electron chi connectivity index (χ1n) is 7.55. The predicted molar refractivity (Wildman–Crippen MR) is 73.9 cm³/mol. The molecule has 0 aliphatic heterocycles. The summed E-state index contributed by atoms with van der Waals surface area (Å²) < 4.78 is 40.4. The molecule has 0 amide bonds. The minimum absolute atomic E-state index is 0.153. The van der Waals surface area contributed by atoms with Crippen LogP contribution in [0, 0.1) is 11.8 Å². The molecule has 3 rings (SSSR count). The summed E-state index contributed by atoms with van der Waals surface area (Å²) in [5.74, 6) is 1.46. The zero-order valence-electron chi connectivity index (χ0n) is 11.8. The van der Waals surface area contributed by atoms with Gasteiger partial charge >= 0.3 is 6.36 Å². The second-order valence-electron chi connectivity index (χ2n) is 6.22. The highest BCUT2D eigenvalue weighted by Crippen LogP contribution is 2.50. The molecule has 2 nitrogen and oxygen atoms in total. The van der Waals surface area contributed by atoms with E-state index in [1.807, 2.05) is 0 Å². The van der Waals surface area contributed by atoms with Gasteiger partial charge in [0.1, 0.15) is 5.75 Å². The van der Waals surface area contributed by atoms with E-state index < -0.39 is 6.36 Å². The molecule has 4 atom stereocenters. The first-order valence-corrected chi connectivity index (χ1v) is 7.55. The molecule has 0 saturated heterocycles. The molecule has 2 aliphatic carbocycles. The number of ether oxygens (including phenoxy) is 1. The van der Waals surface area contributed by atoms with Crippen LogP contribution in [0.5, 0.6) is 5.75 Å². The van der Waals surface area contributed by atoms with E-state index in [0.717, 1.165) is 18.4 Å². The Morgan fingerprint density at radius 2 is 1.67 bits per heavy atom. The number of hydrogen-bond acceptors (Lipinski definition) is 2.